The maximum atomic E-state index is 10.9. The molecule has 36 heavy (non-hydrogen) atoms. The second kappa shape index (κ2) is 12.4. The van der Waals surface area contributed by atoms with Gasteiger partial charge in [0.1, 0.15) is 6.10 Å². The molecule has 7 atom stereocenters. The average Bonchev–Trinajstić information content (AvgIpc) is 3.21. The number of aliphatic hydroxyl groups excluding tert-OH is 3. The summed E-state index contributed by atoms with van der Waals surface area (Å²) in [5.41, 5.74) is 2.75. The van der Waals surface area contributed by atoms with E-state index in [1.54, 1.807) is 0 Å². The van der Waals surface area contributed by atoms with Crippen molar-refractivity contribution in [2.75, 3.05) is 0 Å². The van der Waals surface area contributed by atoms with Gasteiger partial charge in [-0.25, -0.2) is 0 Å². The second-order valence-electron chi connectivity index (χ2n) is 12.1. The molecule has 3 saturated carbocycles. The van der Waals surface area contributed by atoms with Crippen molar-refractivity contribution in [2.24, 2.45) is 23.2 Å². The van der Waals surface area contributed by atoms with E-state index in [4.69, 9.17) is 0 Å². The van der Waals surface area contributed by atoms with Crippen LogP contribution in [0.15, 0.2) is 35.5 Å². The van der Waals surface area contributed by atoms with Crippen LogP contribution in [0.25, 0.3) is 0 Å². The number of hydrogen-bond donors (Lipinski definition) is 4. The molecule has 0 unspecified atom stereocenters. The SMILES string of the molecule is C=C1/C(=C\C=C2/CCC[C@]3(C)[C@@H]([C@H](C)[C@H](O)C#CCCCC(O)(CC)CC)CC[C@@H]23)C[C@@H](O)C[C@@H]1O. The third kappa shape index (κ3) is 6.54. The van der Waals surface area contributed by atoms with Gasteiger partial charge in [-0.2, -0.15) is 0 Å². The van der Waals surface area contributed by atoms with Crippen molar-refractivity contribution in [3.05, 3.63) is 35.5 Å². The average molecular weight is 499 g/mol. The summed E-state index contributed by atoms with van der Waals surface area (Å²) in [7, 11) is 0. The topological polar surface area (TPSA) is 80.9 Å². The molecular weight excluding hydrogens is 448 g/mol. The third-order valence-corrected chi connectivity index (χ3v) is 9.94. The smallest absolute Gasteiger partial charge is 0.117 e. The first-order chi connectivity index (χ1) is 17.0. The summed E-state index contributed by atoms with van der Waals surface area (Å²) in [6.45, 7) is 12.7. The van der Waals surface area contributed by atoms with Crippen molar-refractivity contribution in [1.82, 2.24) is 0 Å². The maximum absolute atomic E-state index is 10.9. The monoisotopic (exact) mass is 498 g/mol. The summed E-state index contributed by atoms with van der Waals surface area (Å²) in [5.74, 6) is 7.38. The Bertz CT molecular complexity index is 886. The van der Waals surface area contributed by atoms with Gasteiger partial charge in [0.05, 0.1) is 17.8 Å². The van der Waals surface area contributed by atoms with Crippen molar-refractivity contribution in [2.45, 2.75) is 129 Å². The molecule has 0 aromatic carbocycles. The van der Waals surface area contributed by atoms with Crippen LogP contribution in [0.2, 0.25) is 0 Å². The van der Waals surface area contributed by atoms with Gasteiger partial charge in [-0.3, -0.25) is 0 Å². The lowest BCUT2D eigenvalue weighted by molar-refractivity contribution is 0.0221. The molecule has 0 saturated heterocycles. The molecule has 3 fully saturated rings. The fraction of sp³-hybridized carbons (Fsp3) is 0.750. The molecule has 0 radical (unpaired) electrons. The lowest BCUT2D eigenvalue weighted by atomic mass is 9.60. The van der Waals surface area contributed by atoms with Gasteiger partial charge in [-0.15, -0.1) is 5.92 Å². The Morgan fingerprint density at radius 3 is 2.61 bits per heavy atom. The molecule has 3 aliphatic carbocycles. The van der Waals surface area contributed by atoms with Crippen LogP contribution in [0.5, 0.6) is 0 Å². The zero-order chi connectivity index (χ0) is 26.5. The fourth-order valence-corrected chi connectivity index (χ4v) is 7.25. The van der Waals surface area contributed by atoms with Gasteiger partial charge >= 0.3 is 0 Å². The Morgan fingerprint density at radius 2 is 1.92 bits per heavy atom. The van der Waals surface area contributed by atoms with Gasteiger partial charge in [-0.1, -0.05) is 57.9 Å². The molecule has 0 heterocycles. The summed E-state index contributed by atoms with van der Waals surface area (Å²) in [6, 6.07) is 0. The largest absolute Gasteiger partial charge is 0.393 e. The maximum Gasteiger partial charge on any atom is 0.117 e. The first kappa shape index (κ1) is 29.2. The van der Waals surface area contributed by atoms with Crippen LogP contribution in [0.1, 0.15) is 105 Å². The molecule has 0 aromatic rings. The Morgan fingerprint density at radius 1 is 1.19 bits per heavy atom. The zero-order valence-corrected chi connectivity index (χ0v) is 23.1. The number of aliphatic hydroxyl groups is 4. The van der Waals surface area contributed by atoms with Gasteiger partial charge in [0.15, 0.2) is 0 Å². The van der Waals surface area contributed by atoms with Crippen molar-refractivity contribution < 1.29 is 20.4 Å². The normalized spacial score (nSPS) is 34.8. The van der Waals surface area contributed by atoms with Crippen LogP contribution in [-0.2, 0) is 0 Å². The highest BCUT2D eigenvalue weighted by Crippen LogP contribution is 2.59. The summed E-state index contributed by atoms with van der Waals surface area (Å²) in [5, 5.41) is 41.7. The molecule has 202 valence electrons. The molecule has 0 spiro atoms. The highest BCUT2D eigenvalue weighted by molar-refractivity contribution is 5.38. The third-order valence-electron chi connectivity index (χ3n) is 9.94. The van der Waals surface area contributed by atoms with Crippen molar-refractivity contribution in [1.29, 1.82) is 0 Å². The Balaban J connectivity index is 1.64. The van der Waals surface area contributed by atoms with E-state index in [1.165, 1.54) is 12.0 Å². The van der Waals surface area contributed by atoms with Crippen molar-refractivity contribution >= 4 is 0 Å². The number of allylic oxidation sites excluding steroid dienone is 3. The lowest BCUT2D eigenvalue weighted by Crippen LogP contribution is -2.39. The molecule has 4 nitrogen and oxygen atoms in total. The number of hydrogen-bond acceptors (Lipinski definition) is 4. The van der Waals surface area contributed by atoms with Gasteiger partial charge in [0.2, 0.25) is 0 Å². The van der Waals surface area contributed by atoms with E-state index in [2.05, 4.69) is 44.4 Å². The van der Waals surface area contributed by atoms with Gasteiger partial charge < -0.3 is 20.4 Å². The van der Waals surface area contributed by atoms with Gasteiger partial charge in [0.25, 0.3) is 0 Å². The molecule has 0 aromatic heterocycles. The number of unbranched alkanes of at least 4 members (excludes halogenated alkanes) is 1. The Labute approximate surface area is 219 Å². The van der Waals surface area contributed by atoms with Gasteiger partial charge in [0, 0.05) is 12.8 Å². The molecule has 0 aliphatic heterocycles. The summed E-state index contributed by atoms with van der Waals surface area (Å²) < 4.78 is 0. The minimum absolute atomic E-state index is 0.122. The van der Waals surface area contributed by atoms with Crippen LogP contribution in [0.4, 0.5) is 0 Å². The first-order valence-corrected chi connectivity index (χ1v) is 14.4. The van der Waals surface area contributed by atoms with E-state index < -0.39 is 23.9 Å². The van der Waals surface area contributed by atoms with E-state index in [0.717, 1.165) is 62.5 Å². The number of fused-ring (bicyclic) bond motifs is 1. The van der Waals surface area contributed by atoms with Gasteiger partial charge in [-0.05, 0) is 98.5 Å². The standard InChI is InChI=1S/C32H50O4/c1-6-32(36,7-2)19-10-8-9-13-29(34)23(4)27-16-17-28-24(12-11-18-31(27,28)5)14-15-25-20-26(33)21-30(35)22(25)3/h14-15,23,26-30,33-36H,3,6-8,10-12,16-21H2,1-2,4-5H3/b24-14+,25-15-/t23-,26+,27+,28-,29+,30-,31+/m0/s1. The fourth-order valence-electron chi connectivity index (χ4n) is 7.25. The highest BCUT2D eigenvalue weighted by atomic mass is 16.3. The Hall–Kier alpha value is -1.38. The van der Waals surface area contributed by atoms with E-state index in [1.807, 2.05) is 13.8 Å². The van der Waals surface area contributed by atoms with Crippen LogP contribution < -0.4 is 0 Å². The van der Waals surface area contributed by atoms with Crippen LogP contribution in [0, 0.1) is 35.0 Å². The minimum atomic E-state index is -0.654. The molecular formula is C32H50O4. The highest BCUT2D eigenvalue weighted by Gasteiger charge is 2.51. The zero-order valence-electron chi connectivity index (χ0n) is 23.1. The molecule has 3 rings (SSSR count). The molecule has 0 bridgehead atoms. The quantitative estimate of drug-likeness (QED) is 0.250. The van der Waals surface area contributed by atoms with Crippen LogP contribution >= 0.6 is 0 Å². The van der Waals surface area contributed by atoms with Crippen molar-refractivity contribution in [3.63, 3.8) is 0 Å². The predicted molar refractivity (Wildman–Crippen MR) is 147 cm³/mol. The van der Waals surface area contributed by atoms with Crippen molar-refractivity contribution in [3.8, 4) is 11.8 Å². The molecule has 3 aliphatic rings. The van der Waals surface area contributed by atoms with E-state index in [0.29, 0.717) is 31.1 Å². The first-order valence-electron chi connectivity index (χ1n) is 14.4. The van der Waals surface area contributed by atoms with Crippen LogP contribution in [0.3, 0.4) is 0 Å². The molecule has 0 amide bonds. The van der Waals surface area contributed by atoms with E-state index >= 15 is 0 Å². The van der Waals surface area contributed by atoms with Crippen LogP contribution in [-0.4, -0.2) is 44.3 Å². The lowest BCUT2D eigenvalue weighted by Gasteiger charge is -2.44. The minimum Gasteiger partial charge on any atom is -0.393 e. The Kier molecular flexibility index (Phi) is 10.1. The molecule has 4 N–H and O–H groups in total. The predicted octanol–water partition coefficient (Wildman–Crippen LogP) is 5.85. The summed E-state index contributed by atoms with van der Waals surface area (Å²) in [4.78, 5) is 0. The molecule has 4 heteroatoms. The second-order valence-corrected chi connectivity index (χ2v) is 12.1. The van der Waals surface area contributed by atoms with E-state index in [-0.39, 0.29) is 11.3 Å². The summed E-state index contributed by atoms with van der Waals surface area (Å²) >= 11 is 0. The van der Waals surface area contributed by atoms with E-state index in [9.17, 15) is 20.4 Å². The number of rotatable bonds is 8. The summed E-state index contributed by atoms with van der Waals surface area (Å²) in [6.07, 6.45) is 13.0.